The third kappa shape index (κ3) is 4.66. The van der Waals surface area contributed by atoms with Crippen LogP contribution in [-0.2, 0) is 27.7 Å². The van der Waals surface area contributed by atoms with Crippen molar-refractivity contribution in [3.8, 4) is 0 Å². The van der Waals surface area contributed by atoms with Gasteiger partial charge < -0.3 is 5.32 Å². The number of benzene rings is 2. The number of amides is 1. The molecule has 2 aromatic rings. The number of rotatable bonds is 6. The summed E-state index contributed by atoms with van der Waals surface area (Å²) in [5.74, 6) is 0.289. The third-order valence-electron chi connectivity index (χ3n) is 4.53. The van der Waals surface area contributed by atoms with Crippen molar-refractivity contribution < 1.29 is 13.2 Å². The van der Waals surface area contributed by atoms with Gasteiger partial charge in [0.1, 0.15) is 0 Å². The third-order valence-corrected chi connectivity index (χ3v) is 6.45. The molecule has 26 heavy (non-hydrogen) atoms. The number of sulfonamides is 1. The summed E-state index contributed by atoms with van der Waals surface area (Å²) in [6.45, 7) is 1.86. The van der Waals surface area contributed by atoms with Gasteiger partial charge in [0.15, 0.2) is 0 Å². The lowest BCUT2D eigenvalue weighted by Crippen LogP contribution is -2.28. The smallest absolute Gasteiger partial charge is 0.238 e. The lowest BCUT2D eigenvalue weighted by Gasteiger charge is -2.15. The number of nitrogens with two attached hydrogens (primary N) is 1. The normalized spacial score (nSPS) is 14.7. The van der Waals surface area contributed by atoms with E-state index in [1.165, 1.54) is 41.4 Å². The number of fused-ring (bicyclic) bond motifs is 1. The molecule has 5 nitrogen and oxygen atoms in total. The highest BCUT2D eigenvalue weighted by molar-refractivity contribution is 8.00. The van der Waals surface area contributed by atoms with Crippen LogP contribution in [0.2, 0.25) is 0 Å². The van der Waals surface area contributed by atoms with Crippen LogP contribution in [0.3, 0.4) is 0 Å². The molecule has 7 heteroatoms. The SMILES string of the molecule is CC(NC(=O)CSc1ccc2c(c1)CCC2)c1ccc(S(N)(=O)=O)cc1. The molecule has 1 amide bonds. The van der Waals surface area contributed by atoms with Gasteiger partial charge in [-0.1, -0.05) is 18.2 Å². The molecule has 1 atom stereocenters. The maximum Gasteiger partial charge on any atom is 0.238 e. The predicted molar refractivity (Wildman–Crippen MR) is 104 cm³/mol. The molecule has 138 valence electrons. The molecule has 1 aliphatic carbocycles. The average Bonchev–Trinajstić information content (AvgIpc) is 3.07. The van der Waals surface area contributed by atoms with Gasteiger partial charge in [-0.2, -0.15) is 0 Å². The molecule has 2 aromatic carbocycles. The van der Waals surface area contributed by atoms with E-state index in [2.05, 4.69) is 23.5 Å². The molecule has 1 aliphatic rings. The maximum atomic E-state index is 12.2. The minimum atomic E-state index is -3.70. The van der Waals surface area contributed by atoms with Gasteiger partial charge in [0, 0.05) is 4.90 Å². The van der Waals surface area contributed by atoms with Crippen molar-refractivity contribution in [2.45, 2.75) is 42.0 Å². The van der Waals surface area contributed by atoms with Gasteiger partial charge in [-0.25, -0.2) is 13.6 Å². The van der Waals surface area contributed by atoms with Crippen molar-refractivity contribution in [1.29, 1.82) is 0 Å². The van der Waals surface area contributed by atoms with Gasteiger partial charge in [0.25, 0.3) is 0 Å². The Hall–Kier alpha value is -1.83. The number of primary sulfonamides is 1. The number of carbonyl (C=O) groups excluding carboxylic acids is 1. The Morgan fingerprint density at radius 1 is 1.15 bits per heavy atom. The largest absolute Gasteiger partial charge is 0.349 e. The van der Waals surface area contributed by atoms with E-state index < -0.39 is 10.0 Å². The molecule has 0 heterocycles. The molecule has 1 unspecified atom stereocenters. The zero-order chi connectivity index (χ0) is 18.7. The van der Waals surface area contributed by atoms with E-state index in [1.54, 1.807) is 12.1 Å². The van der Waals surface area contributed by atoms with Crippen LogP contribution in [0.15, 0.2) is 52.3 Å². The number of thioether (sulfide) groups is 1. The number of nitrogens with one attached hydrogen (secondary N) is 1. The highest BCUT2D eigenvalue weighted by atomic mass is 32.2. The van der Waals surface area contributed by atoms with E-state index in [-0.39, 0.29) is 16.8 Å². The molecule has 0 aromatic heterocycles. The van der Waals surface area contributed by atoms with Crippen molar-refractivity contribution in [3.63, 3.8) is 0 Å². The second-order valence-electron chi connectivity index (χ2n) is 6.48. The number of hydrogen-bond acceptors (Lipinski definition) is 4. The van der Waals surface area contributed by atoms with Gasteiger partial charge in [-0.3, -0.25) is 4.79 Å². The summed E-state index contributed by atoms with van der Waals surface area (Å²) < 4.78 is 22.6. The Labute approximate surface area is 158 Å². The molecule has 0 saturated carbocycles. The highest BCUT2D eigenvalue weighted by Gasteiger charge is 2.14. The van der Waals surface area contributed by atoms with Crippen molar-refractivity contribution in [2.24, 2.45) is 5.14 Å². The van der Waals surface area contributed by atoms with Crippen LogP contribution in [0.5, 0.6) is 0 Å². The molecule has 0 aliphatic heterocycles. The van der Waals surface area contributed by atoms with E-state index in [1.807, 2.05) is 6.92 Å². The fraction of sp³-hybridized carbons (Fsp3) is 0.316. The molecule has 3 rings (SSSR count). The van der Waals surface area contributed by atoms with Crippen LogP contribution in [0, 0.1) is 0 Å². The summed E-state index contributed by atoms with van der Waals surface area (Å²) in [4.78, 5) is 13.4. The summed E-state index contributed by atoms with van der Waals surface area (Å²) in [6, 6.07) is 12.5. The Morgan fingerprint density at radius 2 is 1.85 bits per heavy atom. The number of aryl methyl sites for hydroxylation is 2. The lowest BCUT2D eigenvalue weighted by molar-refractivity contribution is -0.119. The van der Waals surface area contributed by atoms with E-state index in [0.717, 1.165) is 23.3 Å². The minimum absolute atomic E-state index is 0.0569. The first-order valence-electron chi connectivity index (χ1n) is 8.49. The topological polar surface area (TPSA) is 89.3 Å². The molecular formula is C19H22N2O3S2. The standard InChI is InChI=1S/C19H22N2O3S2/c1-13(14-6-9-18(10-7-14)26(20,23)24)21-19(22)12-25-17-8-5-15-3-2-4-16(15)11-17/h5-11,13H,2-4,12H2,1H3,(H,21,22)(H2,20,23,24). The van der Waals surface area contributed by atoms with E-state index in [9.17, 15) is 13.2 Å². The van der Waals surface area contributed by atoms with Crippen LogP contribution >= 0.6 is 11.8 Å². The second-order valence-corrected chi connectivity index (χ2v) is 9.09. The molecule has 0 bridgehead atoms. The van der Waals surface area contributed by atoms with Gasteiger partial charge in [-0.05, 0) is 67.1 Å². The Morgan fingerprint density at radius 3 is 2.54 bits per heavy atom. The maximum absolute atomic E-state index is 12.2. The van der Waals surface area contributed by atoms with Crippen molar-refractivity contribution in [1.82, 2.24) is 5.32 Å². The van der Waals surface area contributed by atoms with Gasteiger partial charge >= 0.3 is 0 Å². The zero-order valence-corrected chi connectivity index (χ0v) is 16.2. The number of hydrogen-bond donors (Lipinski definition) is 2. The Bertz CT molecular complexity index is 909. The first-order valence-corrected chi connectivity index (χ1v) is 11.0. The van der Waals surface area contributed by atoms with E-state index >= 15 is 0 Å². The zero-order valence-electron chi connectivity index (χ0n) is 14.6. The fourth-order valence-corrected chi connectivity index (χ4v) is 4.39. The lowest BCUT2D eigenvalue weighted by atomic mass is 10.1. The van der Waals surface area contributed by atoms with Crippen LogP contribution < -0.4 is 10.5 Å². The van der Waals surface area contributed by atoms with Gasteiger partial charge in [-0.15, -0.1) is 11.8 Å². The van der Waals surface area contributed by atoms with Gasteiger partial charge in [0.2, 0.25) is 15.9 Å². The quantitative estimate of drug-likeness (QED) is 0.742. The molecule has 0 saturated heterocycles. The second kappa shape index (κ2) is 7.82. The molecule has 3 N–H and O–H groups in total. The average molecular weight is 391 g/mol. The molecule has 0 fully saturated rings. The summed E-state index contributed by atoms with van der Waals surface area (Å²) in [7, 11) is -3.70. The van der Waals surface area contributed by atoms with Crippen LogP contribution in [0.25, 0.3) is 0 Å². The van der Waals surface area contributed by atoms with Crippen molar-refractivity contribution >= 4 is 27.7 Å². The molecule has 0 radical (unpaired) electrons. The Kier molecular flexibility index (Phi) is 5.70. The summed E-state index contributed by atoms with van der Waals surface area (Å²) >= 11 is 1.53. The summed E-state index contributed by atoms with van der Waals surface area (Å²) in [5.41, 5.74) is 3.65. The highest BCUT2D eigenvalue weighted by Crippen LogP contribution is 2.27. The molecular weight excluding hydrogens is 368 g/mol. The van der Waals surface area contributed by atoms with Crippen LogP contribution in [0.1, 0.15) is 36.1 Å². The van der Waals surface area contributed by atoms with Crippen LogP contribution in [-0.4, -0.2) is 20.1 Å². The monoisotopic (exact) mass is 390 g/mol. The van der Waals surface area contributed by atoms with E-state index in [4.69, 9.17) is 5.14 Å². The van der Waals surface area contributed by atoms with E-state index in [0.29, 0.717) is 5.75 Å². The minimum Gasteiger partial charge on any atom is -0.349 e. The first kappa shape index (κ1) is 18.9. The summed E-state index contributed by atoms with van der Waals surface area (Å²) in [5, 5.41) is 8.03. The summed E-state index contributed by atoms with van der Waals surface area (Å²) in [6.07, 6.45) is 3.50. The number of carbonyl (C=O) groups is 1. The van der Waals surface area contributed by atoms with Crippen molar-refractivity contribution in [3.05, 3.63) is 59.2 Å². The molecule has 0 spiro atoms. The Balaban J connectivity index is 1.54. The van der Waals surface area contributed by atoms with Crippen LogP contribution in [0.4, 0.5) is 0 Å². The fourth-order valence-electron chi connectivity index (χ4n) is 3.10. The first-order chi connectivity index (χ1) is 12.3. The predicted octanol–water partition coefficient (Wildman–Crippen LogP) is 2.79. The van der Waals surface area contributed by atoms with Gasteiger partial charge in [0.05, 0.1) is 16.7 Å². The van der Waals surface area contributed by atoms with Crippen molar-refractivity contribution in [2.75, 3.05) is 5.75 Å².